The van der Waals surface area contributed by atoms with Crippen molar-refractivity contribution in [1.29, 1.82) is 0 Å². The number of likely N-dealkylation sites (N-methyl/N-ethyl adjacent to an activating group) is 1. The van der Waals surface area contributed by atoms with Gasteiger partial charge in [0.1, 0.15) is 11.8 Å². The molecular formula is C22H28BrN6O6P. The standard InChI is InChI=1S/C22H28BrN6O6P/c1-13(21(30)33-4)28(2)36(31,35-17-7-5-15(23)6-8-17)34-11-14-9-16(10-14)29-12-25-18-19(29)26-22(24)27-20(18)32-3/h5-8,12-14,16H,9-11H2,1-4H3,(H2,24,26,27)/t13-,14?,16?,36?/m0/s1. The summed E-state index contributed by atoms with van der Waals surface area (Å²) in [5, 5.41) is 0. The minimum absolute atomic E-state index is 0.106. The summed E-state index contributed by atoms with van der Waals surface area (Å²) in [6.45, 7) is 1.76. The molecule has 1 aliphatic carbocycles. The Morgan fingerprint density at radius 3 is 2.61 bits per heavy atom. The molecule has 0 bridgehead atoms. The van der Waals surface area contributed by atoms with Gasteiger partial charge < -0.3 is 24.3 Å². The monoisotopic (exact) mass is 582 g/mol. The van der Waals surface area contributed by atoms with Gasteiger partial charge in [-0.25, -0.2) is 9.55 Å². The number of nitrogen functional groups attached to an aromatic ring is 1. The van der Waals surface area contributed by atoms with E-state index in [1.54, 1.807) is 37.5 Å². The fraction of sp³-hybridized carbons (Fsp3) is 0.455. The van der Waals surface area contributed by atoms with Gasteiger partial charge >= 0.3 is 13.7 Å². The summed E-state index contributed by atoms with van der Waals surface area (Å²) in [5.74, 6) is 0.344. The molecule has 3 aromatic rings. The highest BCUT2D eigenvalue weighted by molar-refractivity contribution is 9.10. The van der Waals surface area contributed by atoms with Crippen molar-refractivity contribution < 1.29 is 27.9 Å². The van der Waals surface area contributed by atoms with Crippen molar-refractivity contribution in [1.82, 2.24) is 24.2 Å². The number of aromatic nitrogens is 4. The van der Waals surface area contributed by atoms with E-state index in [1.165, 1.54) is 25.9 Å². The largest absolute Gasteiger partial charge is 0.479 e. The van der Waals surface area contributed by atoms with Crippen LogP contribution in [0, 0.1) is 5.92 Å². The van der Waals surface area contributed by atoms with Crippen LogP contribution in [-0.4, -0.2) is 64.1 Å². The third-order valence-corrected chi connectivity index (χ3v) is 8.77. The van der Waals surface area contributed by atoms with Crippen molar-refractivity contribution in [3.8, 4) is 11.6 Å². The summed E-state index contributed by atoms with van der Waals surface area (Å²) in [7, 11) is 0.396. The van der Waals surface area contributed by atoms with Crippen molar-refractivity contribution in [2.75, 3.05) is 33.6 Å². The predicted molar refractivity (Wildman–Crippen MR) is 136 cm³/mol. The Morgan fingerprint density at radius 1 is 1.28 bits per heavy atom. The van der Waals surface area contributed by atoms with Crippen molar-refractivity contribution in [3.63, 3.8) is 0 Å². The van der Waals surface area contributed by atoms with Crippen LogP contribution in [0.4, 0.5) is 5.95 Å². The first-order valence-electron chi connectivity index (χ1n) is 11.2. The minimum Gasteiger partial charge on any atom is -0.479 e. The zero-order chi connectivity index (χ0) is 26.0. The number of hydrogen-bond donors (Lipinski definition) is 1. The first kappa shape index (κ1) is 26.3. The van der Waals surface area contributed by atoms with E-state index >= 15 is 0 Å². The van der Waals surface area contributed by atoms with Gasteiger partial charge in [0.05, 0.1) is 27.2 Å². The Hall–Kier alpha value is -2.73. The van der Waals surface area contributed by atoms with Gasteiger partial charge in [-0.1, -0.05) is 15.9 Å². The molecule has 1 aliphatic rings. The molecule has 0 spiro atoms. The van der Waals surface area contributed by atoms with Crippen molar-refractivity contribution >= 4 is 46.8 Å². The molecule has 2 N–H and O–H groups in total. The van der Waals surface area contributed by atoms with Gasteiger partial charge in [-0.05, 0) is 57.0 Å². The molecule has 1 unspecified atom stereocenters. The van der Waals surface area contributed by atoms with Gasteiger partial charge in [0.2, 0.25) is 11.8 Å². The second-order valence-corrected chi connectivity index (χ2v) is 11.4. The average Bonchev–Trinajstić information content (AvgIpc) is 3.25. The fourth-order valence-corrected chi connectivity index (χ4v) is 5.86. The second kappa shape index (κ2) is 10.7. The van der Waals surface area contributed by atoms with Crippen LogP contribution in [0.25, 0.3) is 11.2 Å². The molecule has 1 saturated carbocycles. The predicted octanol–water partition coefficient (Wildman–Crippen LogP) is 3.83. The molecule has 0 radical (unpaired) electrons. The van der Waals surface area contributed by atoms with Crippen molar-refractivity contribution in [2.45, 2.75) is 31.8 Å². The molecule has 0 amide bonds. The maximum Gasteiger partial charge on any atom is 0.461 e. The number of nitrogens with two attached hydrogens (primary N) is 1. The van der Waals surface area contributed by atoms with E-state index < -0.39 is 19.8 Å². The second-order valence-electron chi connectivity index (χ2n) is 8.49. The number of carbonyl (C=O) groups is 1. The first-order valence-corrected chi connectivity index (χ1v) is 13.5. The van der Waals surface area contributed by atoms with Crippen LogP contribution in [0.3, 0.4) is 0 Å². The molecule has 1 fully saturated rings. The van der Waals surface area contributed by atoms with E-state index in [1.807, 2.05) is 4.57 Å². The van der Waals surface area contributed by atoms with E-state index in [9.17, 15) is 9.36 Å². The number of halogens is 1. The van der Waals surface area contributed by atoms with Crippen LogP contribution in [0.5, 0.6) is 11.6 Å². The number of anilines is 1. The topological polar surface area (TPSA) is 144 Å². The highest BCUT2D eigenvalue weighted by atomic mass is 79.9. The highest BCUT2D eigenvalue weighted by Crippen LogP contribution is 2.54. The van der Waals surface area contributed by atoms with Gasteiger partial charge in [-0.3, -0.25) is 9.32 Å². The van der Waals surface area contributed by atoms with Crippen LogP contribution in [0.15, 0.2) is 35.1 Å². The lowest BCUT2D eigenvalue weighted by Gasteiger charge is -2.37. The zero-order valence-electron chi connectivity index (χ0n) is 20.3. The smallest absolute Gasteiger partial charge is 0.461 e. The third-order valence-electron chi connectivity index (χ3n) is 6.20. The molecule has 12 nitrogen and oxygen atoms in total. The Kier molecular flexibility index (Phi) is 7.84. The summed E-state index contributed by atoms with van der Waals surface area (Å²) >= 11 is 3.37. The number of rotatable bonds is 10. The summed E-state index contributed by atoms with van der Waals surface area (Å²) in [6.07, 6.45) is 3.18. The van der Waals surface area contributed by atoms with Gasteiger partial charge in [0.25, 0.3) is 0 Å². The molecule has 14 heteroatoms. The number of ether oxygens (including phenoxy) is 2. The average molecular weight is 583 g/mol. The third kappa shape index (κ3) is 5.34. The van der Waals surface area contributed by atoms with Gasteiger partial charge in [-0.2, -0.15) is 14.6 Å². The number of benzene rings is 1. The van der Waals surface area contributed by atoms with E-state index in [0.717, 1.165) is 17.3 Å². The minimum atomic E-state index is -3.90. The molecule has 194 valence electrons. The normalized spacial score (nSPS) is 19.9. The number of imidazole rings is 1. The quantitative estimate of drug-likeness (QED) is 0.275. The summed E-state index contributed by atoms with van der Waals surface area (Å²) < 4.78 is 39.7. The van der Waals surface area contributed by atoms with E-state index in [4.69, 9.17) is 24.3 Å². The number of methoxy groups -OCH3 is 2. The molecule has 4 rings (SSSR count). The Balaban J connectivity index is 1.46. The van der Waals surface area contributed by atoms with Crippen molar-refractivity contribution in [3.05, 3.63) is 35.1 Å². The lowest BCUT2D eigenvalue weighted by atomic mass is 9.81. The first-order chi connectivity index (χ1) is 17.1. The molecule has 0 saturated heterocycles. The lowest BCUT2D eigenvalue weighted by molar-refractivity contribution is -0.144. The zero-order valence-corrected chi connectivity index (χ0v) is 22.8. The van der Waals surface area contributed by atoms with E-state index in [-0.39, 0.29) is 24.5 Å². The summed E-state index contributed by atoms with van der Waals surface area (Å²) in [4.78, 5) is 24.9. The molecule has 2 heterocycles. The van der Waals surface area contributed by atoms with E-state index in [0.29, 0.717) is 22.8 Å². The van der Waals surface area contributed by atoms with Crippen molar-refractivity contribution in [2.24, 2.45) is 5.92 Å². The molecule has 2 atom stereocenters. The highest BCUT2D eigenvalue weighted by Gasteiger charge is 2.41. The summed E-state index contributed by atoms with van der Waals surface area (Å²) in [5.41, 5.74) is 6.95. The molecule has 0 aliphatic heterocycles. The van der Waals surface area contributed by atoms with Crippen LogP contribution >= 0.6 is 23.7 Å². The molecule has 36 heavy (non-hydrogen) atoms. The van der Waals surface area contributed by atoms with Crippen LogP contribution in [0.2, 0.25) is 0 Å². The van der Waals surface area contributed by atoms with E-state index in [2.05, 4.69) is 30.9 Å². The van der Waals surface area contributed by atoms with Crippen LogP contribution in [-0.2, 0) is 18.6 Å². The maximum absolute atomic E-state index is 13.9. The number of esters is 1. The lowest BCUT2D eigenvalue weighted by Crippen LogP contribution is -2.37. The van der Waals surface area contributed by atoms with Gasteiger partial charge in [0.15, 0.2) is 11.2 Å². The number of hydrogen-bond acceptors (Lipinski definition) is 10. The van der Waals surface area contributed by atoms with Gasteiger partial charge in [0, 0.05) is 10.5 Å². The summed E-state index contributed by atoms with van der Waals surface area (Å²) in [6, 6.07) is 6.13. The molecule has 2 aromatic heterocycles. The molecular weight excluding hydrogens is 555 g/mol. The Bertz CT molecular complexity index is 1280. The number of fused-ring (bicyclic) bond motifs is 1. The van der Waals surface area contributed by atoms with Crippen LogP contribution < -0.4 is 15.0 Å². The Labute approximate surface area is 216 Å². The van der Waals surface area contributed by atoms with Gasteiger partial charge in [-0.15, -0.1) is 0 Å². The van der Waals surface area contributed by atoms with Crippen LogP contribution in [0.1, 0.15) is 25.8 Å². The number of nitrogens with zero attached hydrogens (tertiary/aromatic N) is 5. The Morgan fingerprint density at radius 2 is 1.97 bits per heavy atom. The fourth-order valence-electron chi connectivity index (χ4n) is 3.93. The number of carbonyl (C=O) groups excluding carboxylic acids is 1. The SMILES string of the molecule is COC(=O)[C@H](C)N(C)P(=O)(OCC1CC(n2cnc3c(OC)nc(N)nc32)C1)Oc1ccc(Br)cc1. The molecule has 1 aromatic carbocycles. The maximum atomic E-state index is 13.9.